The molecule has 106 valence electrons. The first-order chi connectivity index (χ1) is 8.68. The molecule has 1 saturated carbocycles. The van der Waals surface area contributed by atoms with Gasteiger partial charge in [-0.25, -0.2) is 0 Å². The van der Waals surface area contributed by atoms with Crippen molar-refractivity contribution >= 4 is 24.0 Å². The lowest BCUT2D eigenvalue weighted by Crippen LogP contribution is -2.36. The van der Waals surface area contributed by atoms with Crippen LogP contribution in [0.3, 0.4) is 0 Å². The van der Waals surface area contributed by atoms with E-state index < -0.39 is 0 Å². The zero-order chi connectivity index (χ0) is 13.0. The number of nitrogens with zero attached hydrogens (tertiary/aromatic N) is 1. The predicted molar refractivity (Wildman–Crippen MR) is 81.7 cm³/mol. The number of nitrogens with two attached hydrogens (primary N) is 1. The summed E-state index contributed by atoms with van der Waals surface area (Å²) in [5.41, 5.74) is 7.07. The van der Waals surface area contributed by atoms with Crippen molar-refractivity contribution in [2.75, 3.05) is 12.8 Å². The summed E-state index contributed by atoms with van der Waals surface area (Å²) in [5, 5.41) is 0. The van der Waals surface area contributed by atoms with Gasteiger partial charge in [0.2, 0.25) is 0 Å². The van der Waals surface area contributed by atoms with Gasteiger partial charge in [-0.2, -0.15) is 0 Å². The van der Waals surface area contributed by atoms with Gasteiger partial charge in [0, 0.05) is 24.3 Å². The Labute approximate surface area is 121 Å². The highest BCUT2D eigenvalue weighted by Gasteiger charge is 2.22. The monoisotopic (exact) mass is 282 g/mol. The summed E-state index contributed by atoms with van der Waals surface area (Å²) in [6.45, 7) is 0. The second kappa shape index (κ2) is 7.39. The van der Waals surface area contributed by atoms with E-state index in [0.717, 1.165) is 12.8 Å². The zero-order valence-corrected chi connectivity index (χ0v) is 12.3. The van der Waals surface area contributed by atoms with Gasteiger partial charge in [-0.15, -0.1) is 12.4 Å². The molecule has 1 aromatic carbocycles. The van der Waals surface area contributed by atoms with Gasteiger partial charge in [-0.1, -0.05) is 31.7 Å². The Balaban J connectivity index is 0.00000180. The highest BCUT2D eigenvalue weighted by Crippen LogP contribution is 2.22. The minimum absolute atomic E-state index is 0. The molecule has 1 amide bonds. The Kier molecular flexibility index (Phi) is 6.16. The smallest absolute Gasteiger partial charge is 0.253 e. The van der Waals surface area contributed by atoms with E-state index in [9.17, 15) is 4.79 Å². The molecule has 4 heteroatoms. The van der Waals surface area contributed by atoms with Crippen molar-refractivity contribution in [3.05, 3.63) is 29.8 Å². The van der Waals surface area contributed by atoms with Crippen molar-refractivity contribution in [2.45, 2.75) is 44.6 Å². The fraction of sp³-hybridized carbons (Fsp3) is 0.533. The molecule has 0 aromatic heterocycles. The van der Waals surface area contributed by atoms with E-state index in [1.165, 1.54) is 25.7 Å². The van der Waals surface area contributed by atoms with Crippen LogP contribution in [0.1, 0.15) is 48.9 Å². The number of carbonyl (C=O) groups is 1. The van der Waals surface area contributed by atoms with Crippen LogP contribution in [0.15, 0.2) is 24.3 Å². The van der Waals surface area contributed by atoms with E-state index >= 15 is 0 Å². The Morgan fingerprint density at radius 1 is 1.21 bits per heavy atom. The van der Waals surface area contributed by atoms with Crippen LogP contribution in [0.4, 0.5) is 5.69 Å². The summed E-state index contributed by atoms with van der Waals surface area (Å²) < 4.78 is 0. The number of rotatable bonds is 2. The maximum atomic E-state index is 12.4. The van der Waals surface area contributed by atoms with Crippen molar-refractivity contribution in [1.82, 2.24) is 4.90 Å². The maximum Gasteiger partial charge on any atom is 0.253 e. The third kappa shape index (κ3) is 4.13. The third-order valence-corrected chi connectivity index (χ3v) is 3.83. The number of anilines is 1. The molecule has 2 N–H and O–H groups in total. The van der Waals surface area contributed by atoms with E-state index in [2.05, 4.69) is 0 Å². The van der Waals surface area contributed by atoms with Crippen molar-refractivity contribution in [2.24, 2.45) is 0 Å². The summed E-state index contributed by atoms with van der Waals surface area (Å²) >= 11 is 0. The van der Waals surface area contributed by atoms with Crippen LogP contribution in [-0.4, -0.2) is 23.9 Å². The molecule has 0 saturated heterocycles. The van der Waals surface area contributed by atoms with Crippen LogP contribution >= 0.6 is 12.4 Å². The van der Waals surface area contributed by atoms with E-state index in [-0.39, 0.29) is 18.3 Å². The van der Waals surface area contributed by atoms with E-state index in [0.29, 0.717) is 17.3 Å². The minimum Gasteiger partial charge on any atom is -0.399 e. The maximum absolute atomic E-state index is 12.4. The van der Waals surface area contributed by atoms with Crippen LogP contribution in [0.2, 0.25) is 0 Å². The topological polar surface area (TPSA) is 46.3 Å². The molecule has 0 spiro atoms. The normalized spacial score (nSPS) is 16.3. The average Bonchev–Trinajstić information content (AvgIpc) is 2.66. The molecule has 1 fully saturated rings. The Morgan fingerprint density at radius 2 is 1.84 bits per heavy atom. The summed E-state index contributed by atoms with van der Waals surface area (Å²) in [4.78, 5) is 14.3. The van der Waals surface area contributed by atoms with Gasteiger partial charge in [0.05, 0.1) is 0 Å². The van der Waals surface area contributed by atoms with E-state index in [4.69, 9.17) is 5.73 Å². The highest BCUT2D eigenvalue weighted by atomic mass is 35.5. The first-order valence-corrected chi connectivity index (χ1v) is 6.81. The van der Waals surface area contributed by atoms with Gasteiger partial charge in [0.25, 0.3) is 5.91 Å². The van der Waals surface area contributed by atoms with Crippen molar-refractivity contribution in [1.29, 1.82) is 0 Å². The average molecular weight is 283 g/mol. The van der Waals surface area contributed by atoms with Crippen LogP contribution in [0.5, 0.6) is 0 Å². The van der Waals surface area contributed by atoms with Gasteiger partial charge in [-0.05, 0) is 31.0 Å². The molecule has 0 heterocycles. The highest BCUT2D eigenvalue weighted by molar-refractivity contribution is 5.95. The predicted octanol–water partition coefficient (Wildman–Crippen LogP) is 3.49. The van der Waals surface area contributed by atoms with Gasteiger partial charge >= 0.3 is 0 Å². The second-order valence-corrected chi connectivity index (χ2v) is 5.19. The molecule has 2 rings (SSSR count). The van der Waals surface area contributed by atoms with Gasteiger partial charge in [-0.3, -0.25) is 4.79 Å². The molecule has 19 heavy (non-hydrogen) atoms. The zero-order valence-electron chi connectivity index (χ0n) is 11.5. The number of nitrogen functional groups attached to an aromatic ring is 1. The number of amides is 1. The Hall–Kier alpha value is -1.22. The van der Waals surface area contributed by atoms with Crippen molar-refractivity contribution in [3.8, 4) is 0 Å². The van der Waals surface area contributed by atoms with Crippen LogP contribution < -0.4 is 5.73 Å². The number of benzene rings is 1. The number of hydrogen-bond donors (Lipinski definition) is 1. The van der Waals surface area contributed by atoms with Crippen molar-refractivity contribution in [3.63, 3.8) is 0 Å². The SMILES string of the molecule is CN(C(=O)c1cccc(N)c1)C1CCCCCC1.Cl. The molecule has 1 aromatic rings. The molecule has 3 nitrogen and oxygen atoms in total. The van der Waals surface area contributed by atoms with Crippen LogP contribution in [0.25, 0.3) is 0 Å². The molecular weight excluding hydrogens is 260 g/mol. The molecular formula is C15H23ClN2O. The fourth-order valence-corrected chi connectivity index (χ4v) is 2.69. The summed E-state index contributed by atoms with van der Waals surface area (Å²) in [6, 6.07) is 7.63. The second-order valence-electron chi connectivity index (χ2n) is 5.19. The summed E-state index contributed by atoms with van der Waals surface area (Å²) in [6.07, 6.45) is 7.33. The third-order valence-electron chi connectivity index (χ3n) is 3.83. The van der Waals surface area contributed by atoms with Crippen LogP contribution in [-0.2, 0) is 0 Å². The Bertz CT molecular complexity index is 414. The van der Waals surface area contributed by atoms with E-state index in [1.807, 2.05) is 30.1 Å². The molecule has 0 unspecified atom stereocenters. The lowest BCUT2D eigenvalue weighted by Gasteiger charge is -2.27. The first kappa shape index (κ1) is 15.8. The van der Waals surface area contributed by atoms with Gasteiger partial charge in [0.15, 0.2) is 0 Å². The molecule has 0 bridgehead atoms. The summed E-state index contributed by atoms with van der Waals surface area (Å²) in [5.74, 6) is 0.0919. The number of hydrogen-bond acceptors (Lipinski definition) is 2. The Morgan fingerprint density at radius 3 is 2.42 bits per heavy atom. The quantitative estimate of drug-likeness (QED) is 0.667. The fourth-order valence-electron chi connectivity index (χ4n) is 2.69. The van der Waals surface area contributed by atoms with Gasteiger partial charge in [0.1, 0.15) is 0 Å². The van der Waals surface area contributed by atoms with E-state index in [1.54, 1.807) is 6.07 Å². The van der Waals surface area contributed by atoms with Crippen LogP contribution in [0, 0.1) is 0 Å². The molecule has 1 aliphatic carbocycles. The molecule has 0 radical (unpaired) electrons. The standard InChI is InChI=1S/C15H22N2O.ClH/c1-17(14-9-4-2-3-5-10-14)15(18)12-7-6-8-13(16)11-12;/h6-8,11,14H,2-5,9-10,16H2,1H3;1H. The minimum atomic E-state index is 0. The number of carbonyl (C=O) groups excluding carboxylic acids is 1. The molecule has 0 aliphatic heterocycles. The summed E-state index contributed by atoms with van der Waals surface area (Å²) in [7, 11) is 1.92. The molecule has 0 atom stereocenters. The lowest BCUT2D eigenvalue weighted by atomic mass is 10.1. The molecule has 1 aliphatic rings. The lowest BCUT2D eigenvalue weighted by molar-refractivity contribution is 0.0718. The van der Waals surface area contributed by atoms with Crippen molar-refractivity contribution < 1.29 is 4.79 Å². The largest absolute Gasteiger partial charge is 0.399 e. The first-order valence-electron chi connectivity index (χ1n) is 6.81. The number of halogens is 1. The van der Waals surface area contributed by atoms with Gasteiger partial charge < -0.3 is 10.6 Å².